The van der Waals surface area contributed by atoms with Gasteiger partial charge in [0.2, 0.25) is 0 Å². The minimum atomic E-state index is -1.50. The third-order valence-corrected chi connectivity index (χ3v) is 0.289. The molecule has 0 unspecified atom stereocenters. The molecule has 48 valence electrons. The van der Waals surface area contributed by atoms with Crippen LogP contribution < -0.4 is 0 Å². The third-order valence-electron chi connectivity index (χ3n) is 0.289. The minimum absolute atomic E-state index is 1.08. The zero-order chi connectivity index (χ0) is 6.99. The molecule has 0 aromatic carbocycles. The van der Waals surface area contributed by atoms with E-state index in [2.05, 4.69) is 13.5 Å². The maximum atomic E-state index is 8.36. The molecule has 8 heavy (non-hydrogen) atoms. The normalized spacial score (nSPS) is 6.12. The number of nitrogens with zero attached hydrogens (tertiary/aromatic N) is 1. The van der Waals surface area contributed by atoms with Gasteiger partial charge in [-0.05, 0) is 6.42 Å². The first-order chi connectivity index (χ1) is 3.65. The van der Waals surface area contributed by atoms with Crippen molar-refractivity contribution < 1.29 is 10.3 Å². The Hall–Kier alpha value is -1.06. The fourth-order valence-electron chi connectivity index (χ4n) is 0. The fraction of sp³-hybridized carbons (Fsp3) is 0.500. The molecular weight excluding hydrogens is 110 g/mol. The predicted molar refractivity (Wildman–Crippen MR) is 29.3 cm³/mol. The van der Waals surface area contributed by atoms with Crippen LogP contribution in [0, 0.1) is 10.1 Å². The second-order valence-electron chi connectivity index (χ2n) is 0.935. The second kappa shape index (κ2) is 9.34. The van der Waals surface area contributed by atoms with Crippen LogP contribution in [0.15, 0.2) is 12.7 Å². The zero-order valence-corrected chi connectivity index (χ0v) is 4.70. The summed E-state index contributed by atoms with van der Waals surface area (Å²) >= 11 is 0. The SMILES string of the molecule is C=CCC.O=[N+]([O-])O. The van der Waals surface area contributed by atoms with Gasteiger partial charge in [0, 0.05) is 0 Å². The highest BCUT2D eigenvalue weighted by Gasteiger charge is 1.65. The van der Waals surface area contributed by atoms with E-state index in [1.165, 1.54) is 0 Å². The Bertz CT molecular complexity index is 67.7. The maximum absolute atomic E-state index is 8.36. The van der Waals surface area contributed by atoms with Crippen LogP contribution in [0.1, 0.15) is 13.3 Å². The summed E-state index contributed by atoms with van der Waals surface area (Å²) in [5.41, 5.74) is 0. The molecule has 0 aliphatic rings. The lowest BCUT2D eigenvalue weighted by Gasteiger charge is -1.57. The summed E-state index contributed by atoms with van der Waals surface area (Å²) in [6, 6.07) is 0. The Morgan fingerprint density at radius 2 is 2.12 bits per heavy atom. The van der Waals surface area contributed by atoms with Crippen molar-refractivity contribution in [1.29, 1.82) is 0 Å². The summed E-state index contributed by atoms with van der Waals surface area (Å²) < 4.78 is 0. The van der Waals surface area contributed by atoms with E-state index in [4.69, 9.17) is 15.3 Å². The number of rotatable bonds is 1. The van der Waals surface area contributed by atoms with Crippen LogP contribution in [-0.2, 0) is 0 Å². The molecule has 0 saturated heterocycles. The van der Waals surface area contributed by atoms with Gasteiger partial charge < -0.3 is 5.21 Å². The summed E-state index contributed by atoms with van der Waals surface area (Å²) in [5.74, 6) is 0. The van der Waals surface area contributed by atoms with E-state index in [1.807, 2.05) is 6.08 Å². The molecule has 0 saturated carbocycles. The van der Waals surface area contributed by atoms with Crippen molar-refractivity contribution in [1.82, 2.24) is 0 Å². The average molecular weight is 119 g/mol. The predicted octanol–water partition coefficient (Wildman–Crippen LogP) is 1.23. The van der Waals surface area contributed by atoms with Crippen LogP contribution in [0.2, 0.25) is 0 Å². The van der Waals surface area contributed by atoms with Crippen molar-refractivity contribution >= 4 is 0 Å². The highest BCUT2D eigenvalue weighted by atomic mass is 16.9. The molecule has 0 rings (SSSR count). The van der Waals surface area contributed by atoms with E-state index in [0.717, 1.165) is 6.42 Å². The van der Waals surface area contributed by atoms with Crippen LogP contribution in [0.5, 0.6) is 0 Å². The lowest BCUT2D eigenvalue weighted by Crippen LogP contribution is -1.81. The van der Waals surface area contributed by atoms with Gasteiger partial charge in [0.1, 0.15) is 0 Å². The van der Waals surface area contributed by atoms with Gasteiger partial charge in [-0.1, -0.05) is 13.0 Å². The summed E-state index contributed by atoms with van der Waals surface area (Å²) in [6.45, 7) is 5.54. The van der Waals surface area contributed by atoms with Crippen molar-refractivity contribution in [2.24, 2.45) is 0 Å². The van der Waals surface area contributed by atoms with Gasteiger partial charge in [-0.15, -0.1) is 16.7 Å². The Morgan fingerprint density at radius 3 is 2.12 bits per heavy atom. The second-order valence-corrected chi connectivity index (χ2v) is 0.935. The molecule has 0 aromatic heterocycles. The van der Waals surface area contributed by atoms with Crippen molar-refractivity contribution in [2.45, 2.75) is 13.3 Å². The van der Waals surface area contributed by atoms with Crippen molar-refractivity contribution in [3.8, 4) is 0 Å². The van der Waals surface area contributed by atoms with Crippen molar-refractivity contribution in [2.75, 3.05) is 0 Å². The van der Waals surface area contributed by atoms with Crippen LogP contribution in [0.4, 0.5) is 0 Å². The molecule has 0 aliphatic heterocycles. The van der Waals surface area contributed by atoms with E-state index in [-0.39, 0.29) is 0 Å². The van der Waals surface area contributed by atoms with Gasteiger partial charge in [-0.25, -0.2) is 0 Å². The van der Waals surface area contributed by atoms with Gasteiger partial charge in [0.25, 0.3) is 5.09 Å². The molecule has 0 spiro atoms. The van der Waals surface area contributed by atoms with Gasteiger partial charge in [-0.2, -0.15) is 0 Å². The largest absolute Gasteiger partial charge is 0.328 e. The molecule has 0 amide bonds. The quantitative estimate of drug-likeness (QED) is 0.321. The van der Waals surface area contributed by atoms with Gasteiger partial charge in [0.15, 0.2) is 0 Å². The molecule has 0 aliphatic carbocycles. The van der Waals surface area contributed by atoms with E-state index in [9.17, 15) is 0 Å². The summed E-state index contributed by atoms with van der Waals surface area (Å²) in [5, 5.41) is 13.6. The first kappa shape index (κ1) is 10.0. The Labute approximate surface area is 47.6 Å². The summed E-state index contributed by atoms with van der Waals surface area (Å²) in [4.78, 5) is 8.36. The molecule has 0 aromatic rings. The highest BCUT2D eigenvalue weighted by molar-refractivity contribution is 4.60. The first-order valence-corrected chi connectivity index (χ1v) is 2.09. The number of hydrogen-bond donors (Lipinski definition) is 1. The van der Waals surface area contributed by atoms with Crippen LogP contribution >= 0.6 is 0 Å². The lowest BCUT2D eigenvalue weighted by molar-refractivity contribution is -0.742. The molecule has 0 fully saturated rings. The maximum Gasteiger partial charge on any atom is 0.291 e. The minimum Gasteiger partial charge on any atom is -0.328 e. The van der Waals surface area contributed by atoms with Gasteiger partial charge in [0.05, 0.1) is 0 Å². The van der Waals surface area contributed by atoms with Crippen LogP contribution in [-0.4, -0.2) is 10.3 Å². The monoisotopic (exact) mass is 119 g/mol. The molecule has 1 N–H and O–H groups in total. The van der Waals surface area contributed by atoms with Crippen molar-refractivity contribution in [3.63, 3.8) is 0 Å². The molecule has 4 heteroatoms. The van der Waals surface area contributed by atoms with E-state index >= 15 is 0 Å². The van der Waals surface area contributed by atoms with Gasteiger partial charge in [-0.3, -0.25) is 0 Å². The van der Waals surface area contributed by atoms with Crippen LogP contribution in [0.25, 0.3) is 0 Å². The smallest absolute Gasteiger partial charge is 0.291 e. The Morgan fingerprint density at radius 1 is 2.00 bits per heavy atom. The van der Waals surface area contributed by atoms with Gasteiger partial charge >= 0.3 is 0 Å². The Balaban J connectivity index is 0. The van der Waals surface area contributed by atoms with Crippen LogP contribution in [0.3, 0.4) is 0 Å². The molecule has 0 heterocycles. The lowest BCUT2D eigenvalue weighted by atomic mass is 10.5. The zero-order valence-electron chi connectivity index (χ0n) is 4.70. The number of allylic oxidation sites excluding steroid dienone is 1. The van der Waals surface area contributed by atoms with E-state index in [0.29, 0.717) is 0 Å². The average Bonchev–Trinajstić information content (AvgIpc) is 1.65. The van der Waals surface area contributed by atoms with E-state index < -0.39 is 5.09 Å². The first-order valence-electron chi connectivity index (χ1n) is 2.09. The number of hydrogen-bond acceptors (Lipinski definition) is 2. The Kier molecular flexibility index (Phi) is 11.7. The molecule has 0 bridgehead atoms. The third kappa shape index (κ3) is 21300. The molecule has 0 atom stereocenters. The van der Waals surface area contributed by atoms with E-state index in [1.54, 1.807) is 0 Å². The topological polar surface area (TPSA) is 63.4 Å². The summed E-state index contributed by atoms with van der Waals surface area (Å²) in [6.07, 6.45) is 2.96. The highest BCUT2D eigenvalue weighted by Crippen LogP contribution is 1.66. The molecule has 0 radical (unpaired) electrons. The van der Waals surface area contributed by atoms with Crippen molar-refractivity contribution in [3.05, 3.63) is 22.8 Å². The molecular formula is C4H9NO3. The molecule has 4 nitrogen and oxygen atoms in total. The standard InChI is InChI=1S/C4H8.HNO3/c1-3-4-2;2-1(3)4/h3H,1,4H2,2H3;(H,2,3,4). The fourth-order valence-corrected chi connectivity index (χ4v) is 0. The summed E-state index contributed by atoms with van der Waals surface area (Å²) in [7, 11) is 0.